The first-order chi connectivity index (χ1) is 8.81. The van der Waals surface area contributed by atoms with Gasteiger partial charge in [-0.1, -0.05) is 12.1 Å². The second-order valence-corrected chi connectivity index (χ2v) is 4.98. The van der Waals surface area contributed by atoms with Gasteiger partial charge in [0.05, 0.1) is 12.7 Å². The number of ether oxygens (including phenoxy) is 2. The maximum absolute atomic E-state index is 11.9. The lowest BCUT2D eigenvalue weighted by molar-refractivity contribution is -0.134. The van der Waals surface area contributed by atoms with E-state index in [2.05, 4.69) is 4.74 Å². The third kappa shape index (κ3) is 5.38. The Morgan fingerprint density at radius 1 is 1.21 bits per heavy atom. The summed E-state index contributed by atoms with van der Waals surface area (Å²) in [7, 11) is 1.31. The second-order valence-electron chi connectivity index (χ2n) is 4.98. The molecule has 0 amide bonds. The Kier molecular flexibility index (Phi) is 4.87. The third-order valence-electron chi connectivity index (χ3n) is 2.13. The van der Waals surface area contributed by atoms with Gasteiger partial charge in [-0.05, 0) is 44.5 Å². The molecule has 4 nitrogen and oxygen atoms in total. The van der Waals surface area contributed by atoms with Crippen molar-refractivity contribution >= 4 is 18.0 Å². The van der Waals surface area contributed by atoms with Gasteiger partial charge in [0.2, 0.25) is 0 Å². The van der Waals surface area contributed by atoms with E-state index in [1.807, 2.05) is 20.8 Å². The average Bonchev–Trinajstić information content (AvgIpc) is 2.34. The molecule has 0 atom stereocenters. The Bertz CT molecular complexity index is 495. The highest BCUT2D eigenvalue weighted by molar-refractivity contribution is 5.91. The fraction of sp³-hybridized carbons (Fsp3) is 0.333. The fourth-order valence-corrected chi connectivity index (χ4v) is 1.34. The minimum absolute atomic E-state index is 0.388. The van der Waals surface area contributed by atoms with E-state index in [1.54, 1.807) is 30.3 Å². The van der Waals surface area contributed by atoms with Crippen molar-refractivity contribution in [2.45, 2.75) is 26.4 Å². The molecule has 0 saturated heterocycles. The number of methoxy groups -OCH3 is 1. The van der Waals surface area contributed by atoms with Crippen LogP contribution < -0.4 is 0 Å². The smallest absolute Gasteiger partial charge is 0.338 e. The first kappa shape index (κ1) is 15.0. The summed E-state index contributed by atoms with van der Waals surface area (Å²) in [5, 5.41) is 0. The molecule has 0 N–H and O–H groups in total. The molecule has 102 valence electrons. The number of hydrogen-bond donors (Lipinski definition) is 0. The van der Waals surface area contributed by atoms with Gasteiger partial charge in [-0.3, -0.25) is 0 Å². The first-order valence-corrected chi connectivity index (χ1v) is 5.91. The van der Waals surface area contributed by atoms with Crippen molar-refractivity contribution in [1.82, 2.24) is 0 Å². The van der Waals surface area contributed by atoms with Gasteiger partial charge in [0, 0.05) is 6.08 Å². The molecule has 0 fully saturated rings. The largest absolute Gasteiger partial charge is 0.466 e. The quantitative estimate of drug-likeness (QED) is 0.621. The monoisotopic (exact) mass is 262 g/mol. The van der Waals surface area contributed by atoms with Gasteiger partial charge in [0.15, 0.2) is 0 Å². The second kappa shape index (κ2) is 6.18. The van der Waals surface area contributed by atoms with E-state index < -0.39 is 11.6 Å². The summed E-state index contributed by atoms with van der Waals surface area (Å²) in [5.74, 6) is -0.830. The van der Waals surface area contributed by atoms with Crippen LogP contribution >= 0.6 is 0 Å². The number of hydrogen-bond acceptors (Lipinski definition) is 4. The lowest BCUT2D eigenvalue weighted by atomic mass is 10.1. The molecule has 1 rings (SSSR count). The van der Waals surface area contributed by atoms with Gasteiger partial charge in [-0.15, -0.1) is 0 Å². The number of benzene rings is 1. The molecule has 1 aromatic carbocycles. The van der Waals surface area contributed by atoms with Gasteiger partial charge < -0.3 is 9.47 Å². The van der Waals surface area contributed by atoms with Crippen LogP contribution in [0.25, 0.3) is 6.08 Å². The molecule has 0 aliphatic rings. The molecular weight excluding hydrogens is 244 g/mol. The Labute approximate surface area is 113 Å². The Balaban J connectivity index is 2.85. The minimum atomic E-state index is -0.533. The molecule has 4 heteroatoms. The zero-order valence-electron chi connectivity index (χ0n) is 11.6. The lowest BCUT2D eigenvalue weighted by Gasteiger charge is -2.19. The van der Waals surface area contributed by atoms with E-state index >= 15 is 0 Å². The van der Waals surface area contributed by atoms with Gasteiger partial charge in [0.25, 0.3) is 0 Å². The molecule has 0 heterocycles. The summed E-state index contributed by atoms with van der Waals surface area (Å²) in [6, 6.07) is 6.85. The van der Waals surface area contributed by atoms with E-state index in [0.717, 1.165) is 5.56 Å². The lowest BCUT2D eigenvalue weighted by Crippen LogP contribution is -2.23. The van der Waals surface area contributed by atoms with E-state index in [0.29, 0.717) is 5.56 Å². The van der Waals surface area contributed by atoms with Crippen molar-refractivity contribution in [2.24, 2.45) is 0 Å². The van der Waals surface area contributed by atoms with E-state index in [9.17, 15) is 9.59 Å². The topological polar surface area (TPSA) is 52.6 Å². The normalized spacial score (nSPS) is 11.4. The molecule has 0 bridgehead atoms. The fourth-order valence-electron chi connectivity index (χ4n) is 1.34. The molecule has 0 spiro atoms. The predicted molar refractivity (Wildman–Crippen MR) is 72.7 cm³/mol. The highest BCUT2D eigenvalue weighted by Crippen LogP contribution is 2.14. The Morgan fingerprint density at radius 3 is 2.47 bits per heavy atom. The summed E-state index contributed by atoms with van der Waals surface area (Å²) in [4.78, 5) is 22.9. The van der Waals surface area contributed by atoms with Crippen molar-refractivity contribution < 1.29 is 19.1 Å². The Morgan fingerprint density at radius 2 is 1.89 bits per heavy atom. The van der Waals surface area contributed by atoms with Gasteiger partial charge >= 0.3 is 11.9 Å². The summed E-state index contributed by atoms with van der Waals surface area (Å²) < 4.78 is 9.77. The van der Waals surface area contributed by atoms with Crippen molar-refractivity contribution in [2.75, 3.05) is 7.11 Å². The zero-order chi connectivity index (χ0) is 14.5. The molecule has 19 heavy (non-hydrogen) atoms. The zero-order valence-corrected chi connectivity index (χ0v) is 11.6. The van der Waals surface area contributed by atoms with E-state index in [4.69, 9.17) is 4.74 Å². The van der Waals surface area contributed by atoms with Crippen molar-refractivity contribution in [1.29, 1.82) is 0 Å². The molecule has 1 aromatic rings. The van der Waals surface area contributed by atoms with Crippen LogP contribution in [0.5, 0.6) is 0 Å². The standard InChI is InChI=1S/C15H18O4/c1-15(2,3)19-14(17)12-7-5-6-11(10-12)8-9-13(16)18-4/h5-10H,1-4H3. The van der Waals surface area contributed by atoms with Crippen LogP contribution in [0, 0.1) is 0 Å². The van der Waals surface area contributed by atoms with Crippen LogP contribution in [0.2, 0.25) is 0 Å². The van der Waals surface area contributed by atoms with Crippen LogP contribution in [0.3, 0.4) is 0 Å². The summed E-state index contributed by atoms with van der Waals surface area (Å²) in [6.45, 7) is 5.43. The predicted octanol–water partition coefficient (Wildman–Crippen LogP) is 2.83. The highest BCUT2D eigenvalue weighted by atomic mass is 16.6. The maximum atomic E-state index is 11.9. The molecule has 0 saturated carbocycles. The highest BCUT2D eigenvalue weighted by Gasteiger charge is 2.17. The SMILES string of the molecule is COC(=O)C=Cc1cccc(C(=O)OC(C)(C)C)c1. The maximum Gasteiger partial charge on any atom is 0.338 e. The number of esters is 2. The van der Waals surface area contributed by atoms with Crippen molar-refractivity contribution in [3.05, 3.63) is 41.5 Å². The molecule has 0 aliphatic carbocycles. The van der Waals surface area contributed by atoms with Crippen molar-refractivity contribution in [3.8, 4) is 0 Å². The Hall–Kier alpha value is -2.10. The molecule has 0 radical (unpaired) electrons. The summed E-state index contributed by atoms with van der Waals surface area (Å²) in [5.41, 5.74) is 0.644. The van der Waals surface area contributed by atoms with Crippen LogP contribution in [0.4, 0.5) is 0 Å². The van der Waals surface area contributed by atoms with Crippen molar-refractivity contribution in [3.63, 3.8) is 0 Å². The van der Waals surface area contributed by atoms with Crippen LogP contribution in [-0.2, 0) is 14.3 Å². The van der Waals surface area contributed by atoms with Crippen LogP contribution in [0.15, 0.2) is 30.3 Å². The number of carbonyl (C=O) groups is 2. The van der Waals surface area contributed by atoms with Gasteiger partial charge in [-0.2, -0.15) is 0 Å². The van der Waals surface area contributed by atoms with Crippen LogP contribution in [0.1, 0.15) is 36.7 Å². The molecule has 0 unspecified atom stereocenters. The molecular formula is C15H18O4. The summed E-state index contributed by atoms with van der Waals surface area (Å²) in [6.07, 6.45) is 2.88. The van der Waals surface area contributed by atoms with Crippen LogP contribution in [-0.4, -0.2) is 24.6 Å². The number of rotatable bonds is 3. The van der Waals surface area contributed by atoms with E-state index in [1.165, 1.54) is 13.2 Å². The summed E-state index contributed by atoms with van der Waals surface area (Å²) >= 11 is 0. The molecule has 0 aromatic heterocycles. The van der Waals surface area contributed by atoms with Gasteiger partial charge in [-0.25, -0.2) is 9.59 Å². The van der Waals surface area contributed by atoms with Gasteiger partial charge in [0.1, 0.15) is 5.60 Å². The molecule has 0 aliphatic heterocycles. The third-order valence-corrected chi connectivity index (χ3v) is 2.13. The average molecular weight is 262 g/mol. The minimum Gasteiger partial charge on any atom is -0.466 e. The van der Waals surface area contributed by atoms with E-state index in [-0.39, 0.29) is 5.97 Å². The first-order valence-electron chi connectivity index (χ1n) is 5.91. The number of carbonyl (C=O) groups excluding carboxylic acids is 2.